The van der Waals surface area contributed by atoms with Gasteiger partial charge in [0, 0.05) is 12.1 Å². The number of fused-ring (bicyclic) bond motifs is 1. The summed E-state index contributed by atoms with van der Waals surface area (Å²) in [5.41, 5.74) is 1.27. The van der Waals surface area contributed by atoms with Crippen LogP contribution in [0.15, 0.2) is 54.9 Å². The number of amides is 1. The van der Waals surface area contributed by atoms with Gasteiger partial charge in [-0.2, -0.15) is 0 Å². The van der Waals surface area contributed by atoms with Crippen molar-refractivity contribution in [3.05, 3.63) is 66.0 Å². The van der Waals surface area contributed by atoms with E-state index in [0.29, 0.717) is 23.4 Å². The minimum Gasteiger partial charge on any atom is -0.445 e. The zero-order valence-corrected chi connectivity index (χ0v) is 13.9. The lowest BCUT2D eigenvalue weighted by molar-refractivity contribution is -0.134. The van der Waals surface area contributed by atoms with Crippen molar-refractivity contribution in [2.45, 2.75) is 18.9 Å². The lowest BCUT2D eigenvalue weighted by atomic mass is 9.89. The van der Waals surface area contributed by atoms with E-state index in [0.717, 1.165) is 5.56 Å². The summed E-state index contributed by atoms with van der Waals surface area (Å²) < 4.78 is 6.93. The molecule has 0 bridgehead atoms. The molecule has 0 spiro atoms. The van der Waals surface area contributed by atoms with Gasteiger partial charge in [-0.05, 0) is 47.2 Å². The molecule has 1 amide bonds. The predicted molar refractivity (Wildman–Crippen MR) is 91.8 cm³/mol. The van der Waals surface area contributed by atoms with Gasteiger partial charge in [0.05, 0.1) is 11.3 Å². The molecular weight excluding hydrogens is 334 g/mol. The van der Waals surface area contributed by atoms with Crippen LogP contribution < -0.4 is 5.32 Å². The van der Waals surface area contributed by atoms with E-state index in [9.17, 15) is 9.59 Å². The smallest absolute Gasteiger partial charge is 0.339 e. The van der Waals surface area contributed by atoms with Crippen LogP contribution in [-0.2, 0) is 16.0 Å². The summed E-state index contributed by atoms with van der Waals surface area (Å²) in [6.45, 7) is 1.61. The summed E-state index contributed by atoms with van der Waals surface area (Å²) in [4.78, 5) is 25.0. The molecule has 130 valence electrons. The predicted octanol–water partition coefficient (Wildman–Crippen LogP) is 1.77. The van der Waals surface area contributed by atoms with Crippen molar-refractivity contribution >= 4 is 17.6 Å². The number of hydrogen-bond donors (Lipinski definition) is 1. The van der Waals surface area contributed by atoms with Gasteiger partial charge in [-0.3, -0.25) is 4.79 Å². The third-order valence-electron chi connectivity index (χ3n) is 4.28. The Morgan fingerprint density at radius 1 is 1.23 bits per heavy atom. The van der Waals surface area contributed by atoms with Crippen LogP contribution in [0.5, 0.6) is 0 Å². The third kappa shape index (κ3) is 2.81. The van der Waals surface area contributed by atoms with Gasteiger partial charge in [-0.1, -0.05) is 24.3 Å². The Hall–Kier alpha value is -3.55. The zero-order valence-electron chi connectivity index (χ0n) is 13.9. The topological polar surface area (TPSA) is 99.0 Å². The van der Waals surface area contributed by atoms with Crippen molar-refractivity contribution in [3.8, 4) is 5.69 Å². The summed E-state index contributed by atoms with van der Waals surface area (Å²) in [6, 6.07) is 14.2. The number of benzene rings is 2. The highest BCUT2D eigenvalue weighted by molar-refractivity contribution is 6.02. The maximum absolute atomic E-state index is 12.8. The minimum absolute atomic E-state index is 0.313. The van der Waals surface area contributed by atoms with E-state index in [4.69, 9.17) is 4.74 Å². The number of esters is 1. The number of carbonyl (C=O) groups excluding carboxylic acids is 2. The van der Waals surface area contributed by atoms with Crippen molar-refractivity contribution in [2.24, 2.45) is 0 Å². The first kappa shape index (κ1) is 15.9. The van der Waals surface area contributed by atoms with Crippen LogP contribution >= 0.6 is 0 Å². The summed E-state index contributed by atoms with van der Waals surface area (Å²) in [6.07, 6.45) is 1.77. The average Bonchev–Trinajstić information content (AvgIpc) is 3.16. The molecule has 3 aromatic rings. The number of ether oxygens (including phenoxy) is 1. The van der Waals surface area contributed by atoms with E-state index in [1.165, 1.54) is 11.0 Å². The second-order valence-corrected chi connectivity index (χ2v) is 6.21. The van der Waals surface area contributed by atoms with Crippen molar-refractivity contribution < 1.29 is 14.3 Å². The van der Waals surface area contributed by atoms with E-state index in [1.807, 2.05) is 18.2 Å². The summed E-state index contributed by atoms with van der Waals surface area (Å²) in [7, 11) is 0. The Bertz CT molecular complexity index is 986. The van der Waals surface area contributed by atoms with E-state index in [-0.39, 0.29) is 0 Å². The van der Waals surface area contributed by atoms with E-state index >= 15 is 0 Å². The lowest BCUT2D eigenvalue weighted by Crippen LogP contribution is -2.48. The normalized spacial score (nSPS) is 18.7. The average molecular weight is 349 g/mol. The van der Waals surface area contributed by atoms with Gasteiger partial charge in [0.1, 0.15) is 6.33 Å². The second-order valence-electron chi connectivity index (χ2n) is 6.21. The molecule has 1 N–H and O–H groups in total. The SMILES string of the molecule is C[C@]1(C(=O)Nc2cccc(-n3cnnn3)c2)Cc2ccccc2C(=O)O1. The molecule has 2 aromatic carbocycles. The van der Waals surface area contributed by atoms with Crippen LogP contribution in [0.2, 0.25) is 0 Å². The number of hydrogen-bond acceptors (Lipinski definition) is 6. The molecule has 1 aromatic heterocycles. The number of aromatic nitrogens is 4. The Labute approximate surface area is 148 Å². The monoisotopic (exact) mass is 349 g/mol. The van der Waals surface area contributed by atoms with Crippen LogP contribution in [0.4, 0.5) is 5.69 Å². The molecule has 0 aliphatic carbocycles. The molecule has 1 aliphatic rings. The summed E-state index contributed by atoms with van der Waals surface area (Å²) in [5, 5.41) is 13.8. The molecule has 0 unspecified atom stereocenters. The first-order valence-corrected chi connectivity index (χ1v) is 8.01. The Balaban J connectivity index is 1.57. The van der Waals surface area contributed by atoms with Crippen LogP contribution in [0.1, 0.15) is 22.8 Å². The quantitative estimate of drug-likeness (QED) is 0.724. The Morgan fingerprint density at radius 2 is 2.08 bits per heavy atom. The molecule has 8 heteroatoms. The number of cyclic esters (lactones) is 1. The zero-order chi connectivity index (χ0) is 18.1. The van der Waals surface area contributed by atoms with Crippen molar-refractivity contribution in [1.82, 2.24) is 20.2 Å². The number of nitrogens with zero attached hydrogens (tertiary/aromatic N) is 4. The lowest BCUT2D eigenvalue weighted by Gasteiger charge is -2.33. The molecule has 1 aliphatic heterocycles. The van der Waals surface area contributed by atoms with Gasteiger partial charge in [0.2, 0.25) is 0 Å². The molecule has 0 saturated heterocycles. The van der Waals surface area contributed by atoms with Gasteiger partial charge in [0.15, 0.2) is 5.60 Å². The van der Waals surface area contributed by atoms with E-state index < -0.39 is 17.5 Å². The van der Waals surface area contributed by atoms with Gasteiger partial charge in [-0.15, -0.1) is 5.10 Å². The number of carbonyl (C=O) groups is 2. The highest BCUT2D eigenvalue weighted by Crippen LogP contribution is 2.29. The van der Waals surface area contributed by atoms with Crippen LogP contribution in [0, 0.1) is 0 Å². The molecule has 4 rings (SSSR count). The molecule has 26 heavy (non-hydrogen) atoms. The number of tetrazole rings is 1. The van der Waals surface area contributed by atoms with Crippen LogP contribution in [-0.4, -0.2) is 37.7 Å². The van der Waals surface area contributed by atoms with Gasteiger partial charge < -0.3 is 10.1 Å². The highest BCUT2D eigenvalue weighted by Gasteiger charge is 2.42. The second kappa shape index (κ2) is 6.07. The largest absolute Gasteiger partial charge is 0.445 e. The summed E-state index contributed by atoms with van der Waals surface area (Å²) in [5.74, 6) is -0.888. The molecule has 0 saturated carbocycles. The standard InChI is InChI=1S/C18H15N5O3/c1-18(10-12-5-2-3-8-15(12)16(24)26-18)17(25)20-13-6-4-7-14(9-13)23-11-19-21-22-23/h2-9,11H,10H2,1H3,(H,20,25)/t18-/m1/s1. The minimum atomic E-state index is -1.28. The molecule has 2 heterocycles. The fraction of sp³-hybridized carbons (Fsp3) is 0.167. The number of anilines is 1. The molecular formula is C18H15N5O3. The van der Waals surface area contributed by atoms with Crippen molar-refractivity contribution in [1.29, 1.82) is 0 Å². The van der Waals surface area contributed by atoms with Gasteiger partial charge >= 0.3 is 5.97 Å². The fourth-order valence-electron chi connectivity index (χ4n) is 2.93. The first-order chi connectivity index (χ1) is 12.5. The molecule has 1 atom stereocenters. The molecule has 0 radical (unpaired) electrons. The Kier molecular flexibility index (Phi) is 3.72. The molecule has 0 fully saturated rings. The fourth-order valence-corrected chi connectivity index (χ4v) is 2.93. The highest BCUT2D eigenvalue weighted by atomic mass is 16.6. The first-order valence-electron chi connectivity index (χ1n) is 8.01. The van der Waals surface area contributed by atoms with Crippen molar-refractivity contribution in [3.63, 3.8) is 0 Å². The van der Waals surface area contributed by atoms with E-state index in [1.54, 1.807) is 37.3 Å². The third-order valence-corrected chi connectivity index (χ3v) is 4.28. The maximum Gasteiger partial charge on any atom is 0.339 e. The van der Waals surface area contributed by atoms with Gasteiger partial charge in [-0.25, -0.2) is 9.48 Å². The summed E-state index contributed by atoms with van der Waals surface area (Å²) >= 11 is 0. The number of nitrogens with one attached hydrogen (secondary N) is 1. The molecule has 8 nitrogen and oxygen atoms in total. The van der Waals surface area contributed by atoms with Crippen LogP contribution in [0.3, 0.4) is 0 Å². The maximum atomic E-state index is 12.8. The van der Waals surface area contributed by atoms with Crippen LogP contribution in [0.25, 0.3) is 5.69 Å². The van der Waals surface area contributed by atoms with E-state index in [2.05, 4.69) is 20.8 Å². The van der Waals surface area contributed by atoms with Crippen molar-refractivity contribution in [2.75, 3.05) is 5.32 Å². The Morgan fingerprint density at radius 3 is 2.88 bits per heavy atom. The number of rotatable bonds is 3. The van der Waals surface area contributed by atoms with Gasteiger partial charge in [0.25, 0.3) is 5.91 Å².